The van der Waals surface area contributed by atoms with Crippen LogP contribution in [0.25, 0.3) is 0 Å². The molecule has 3 heterocycles. The number of likely N-dealkylation sites (tertiary alicyclic amines) is 2. The van der Waals surface area contributed by atoms with E-state index in [4.69, 9.17) is 5.73 Å². The lowest BCUT2D eigenvalue weighted by molar-refractivity contribution is -0.141. The zero-order valence-electron chi connectivity index (χ0n) is 18.4. The number of nitrogens with two attached hydrogens (primary N) is 1. The Labute approximate surface area is 191 Å². The molecule has 0 aliphatic carbocycles. The molecule has 0 unspecified atom stereocenters. The van der Waals surface area contributed by atoms with Gasteiger partial charge in [-0.2, -0.15) is 0 Å². The highest BCUT2D eigenvalue weighted by molar-refractivity contribution is 5.94. The van der Waals surface area contributed by atoms with Crippen LogP contribution >= 0.6 is 0 Å². The third-order valence-corrected chi connectivity index (χ3v) is 6.21. The molecule has 0 saturated carbocycles. The summed E-state index contributed by atoms with van der Waals surface area (Å²) in [6.45, 7) is 0.387. The number of carbonyl (C=O) groups excluding carboxylic acids is 6. The minimum Gasteiger partial charge on any atom is -0.345 e. The highest BCUT2D eigenvalue weighted by Gasteiger charge is 2.36. The summed E-state index contributed by atoms with van der Waals surface area (Å²) in [5.41, 5.74) is 5.39. The van der Waals surface area contributed by atoms with Crippen molar-refractivity contribution in [3.05, 3.63) is 12.2 Å². The van der Waals surface area contributed by atoms with Crippen molar-refractivity contribution in [1.82, 2.24) is 25.3 Å². The molecule has 3 aliphatic rings. The van der Waals surface area contributed by atoms with E-state index in [1.54, 1.807) is 12.2 Å². The van der Waals surface area contributed by atoms with Gasteiger partial charge in [0.25, 0.3) is 0 Å². The lowest BCUT2D eigenvalue weighted by Gasteiger charge is -2.26. The van der Waals surface area contributed by atoms with Crippen molar-refractivity contribution in [3.63, 3.8) is 0 Å². The Morgan fingerprint density at radius 2 is 1.36 bits per heavy atom. The van der Waals surface area contributed by atoms with Gasteiger partial charge >= 0.3 is 0 Å². The molecule has 0 aromatic rings. The van der Waals surface area contributed by atoms with Gasteiger partial charge in [0.05, 0.1) is 19.6 Å². The number of aldehydes is 1. The second kappa shape index (κ2) is 11.0. The standard InChI is InChI=1S/C21H30N6O6/c22-10-17(29)26-8-2-5-15(26)20(32)24-12-19(31)27-9-3-6-16(27)21(33)23-11-18(30)25-7-1-4-14(25)13-28/h1,4,13-16H,2-3,5-12,22H2,(H,23,33)(H,24,32)/t14-,15-,16-/m0/s1. The lowest BCUT2D eigenvalue weighted by atomic mass is 10.2. The second-order valence-electron chi connectivity index (χ2n) is 8.23. The molecular weight excluding hydrogens is 432 g/mol. The molecule has 12 nitrogen and oxygen atoms in total. The molecule has 2 fully saturated rings. The molecule has 3 rings (SSSR count). The van der Waals surface area contributed by atoms with Gasteiger partial charge in [0, 0.05) is 19.6 Å². The van der Waals surface area contributed by atoms with Crippen LogP contribution in [0.3, 0.4) is 0 Å². The summed E-state index contributed by atoms with van der Waals surface area (Å²) in [5.74, 6) is -1.98. The Hall–Kier alpha value is -3.28. The molecular formula is C21H30N6O6. The Bertz CT molecular complexity index is 845. The first-order valence-corrected chi connectivity index (χ1v) is 11.1. The summed E-state index contributed by atoms with van der Waals surface area (Å²) >= 11 is 0. The fourth-order valence-corrected chi connectivity index (χ4v) is 4.48. The number of nitrogens with zero attached hydrogens (tertiary/aromatic N) is 3. The van der Waals surface area contributed by atoms with Crippen LogP contribution in [0, 0.1) is 0 Å². The maximum atomic E-state index is 12.7. The third-order valence-electron chi connectivity index (χ3n) is 6.21. The lowest BCUT2D eigenvalue weighted by Crippen LogP contribution is -2.53. The predicted molar refractivity (Wildman–Crippen MR) is 115 cm³/mol. The molecule has 5 amide bonds. The maximum absolute atomic E-state index is 12.7. The summed E-state index contributed by atoms with van der Waals surface area (Å²) in [6.07, 6.45) is 6.25. The third kappa shape index (κ3) is 5.56. The van der Waals surface area contributed by atoms with Crippen molar-refractivity contribution in [1.29, 1.82) is 0 Å². The van der Waals surface area contributed by atoms with Gasteiger partial charge in [-0.15, -0.1) is 0 Å². The van der Waals surface area contributed by atoms with E-state index in [-0.39, 0.29) is 31.4 Å². The quantitative estimate of drug-likeness (QED) is 0.258. The average Bonchev–Trinajstić information content (AvgIpc) is 3.59. The molecule has 4 N–H and O–H groups in total. The number of nitrogens with one attached hydrogen (secondary N) is 2. The smallest absolute Gasteiger partial charge is 0.243 e. The number of amides is 5. The van der Waals surface area contributed by atoms with Gasteiger partial charge in [-0.05, 0) is 25.7 Å². The van der Waals surface area contributed by atoms with Crippen molar-refractivity contribution in [3.8, 4) is 0 Å². The maximum Gasteiger partial charge on any atom is 0.243 e. The summed E-state index contributed by atoms with van der Waals surface area (Å²) in [5, 5.41) is 5.12. The zero-order chi connectivity index (χ0) is 24.0. The summed E-state index contributed by atoms with van der Waals surface area (Å²) in [7, 11) is 0. The zero-order valence-corrected chi connectivity index (χ0v) is 18.4. The Kier molecular flexibility index (Phi) is 8.15. The first-order valence-electron chi connectivity index (χ1n) is 11.1. The van der Waals surface area contributed by atoms with Crippen LogP contribution in [0.1, 0.15) is 25.7 Å². The SMILES string of the molecule is NCC(=O)N1CCC[C@H]1C(=O)NCC(=O)N1CCC[C@H]1C(=O)NCC(=O)N1CC=C[C@H]1C=O. The summed E-state index contributed by atoms with van der Waals surface area (Å²) in [6, 6.07) is -2.01. The first kappa shape index (κ1) is 24.4. The molecule has 3 aliphatic heterocycles. The first-order chi connectivity index (χ1) is 15.9. The number of hydrogen-bond acceptors (Lipinski definition) is 7. The number of rotatable bonds is 8. The molecule has 0 aromatic carbocycles. The highest BCUT2D eigenvalue weighted by Crippen LogP contribution is 2.19. The topological polar surface area (TPSA) is 162 Å². The van der Waals surface area contributed by atoms with Gasteiger partial charge in [0.15, 0.2) is 0 Å². The van der Waals surface area contributed by atoms with E-state index in [0.717, 1.165) is 0 Å². The normalized spacial score (nSPS) is 24.2. The molecule has 12 heteroatoms. The summed E-state index contributed by atoms with van der Waals surface area (Å²) < 4.78 is 0. The predicted octanol–water partition coefficient (Wildman–Crippen LogP) is -2.87. The fraction of sp³-hybridized carbons (Fsp3) is 0.619. The van der Waals surface area contributed by atoms with Crippen LogP contribution in [-0.2, 0) is 28.8 Å². The Balaban J connectivity index is 1.47. The van der Waals surface area contributed by atoms with Crippen LogP contribution in [0.2, 0.25) is 0 Å². The van der Waals surface area contributed by atoms with Crippen molar-refractivity contribution < 1.29 is 28.8 Å². The summed E-state index contributed by atoms with van der Waals surface area (Å²) in [4.78, 5) is 77.2. The van der Waals surface area contributed by atoms with Gasteiger partial charge in [0.2, 0.25) is 29.5 Å². The van der Waals surface area contributed by atoms with Gasteiger partial charge in [-0.25, -0.2) is 0 Å². The van der Waals surface area contributed by atoms with E-state index in [9.17, 15) is 28.8 Å². The molecule has 3 atom stereocenters. The minimum atomic E-state index is -0.734. The van der Waals surface area contributed by atoms with Crippen molar-refractivity contribution in [2.45, 2.75) is 43.8 Å². The number of hydrogen-bond donors (Lipinski definition) is 3. The minimum absolute atomic E-state index is 0.181. The molecule has 0 bridgehead atoms. The largest absolute Gasteiger partial charge is 0.345 e. The molecule has 0 aromatic heterocycles. The van der Waals surface area contributed by atoms with Gasteiger partial charge in [-0.1, -0.05) is 12.2 Å². The molecule has 180 valence electrons. The van der Waals surface area contributed by atoms with E-state index >= 15 is 0 Å². The van der Waals surface area contributed by atoms with Crippen LogP contribution < -0.4 is 16.4 Å². The van der Waals surface area contributed by atoms with Crippen LogP contribution in [0.5, 0.6) is 0 Å². The molecule has 0 spiro atoms. The van der Waals surface area contributed by atoms with E-state index in [2.05, 4.69) is 10.6 Å². The van der Waals surface area contributed by atoms with E-state index in [1.807, 2.05) is 0 Å². The average molecular weight is 463 g/mol. The fourth-order valence-electron chi connectivity index (χ4n) is 4.48. The van der Waals surface area contributed by atoms with E-state index in [1.165, 1.54) is 14.7 Å². The van der Waals surface area contributed by atoms with Gasteiger partial charge in [-0.3, -0.25) is 24.0 Å². The second-order valence-corrected chi connectivity index (χ2v) is 8.23. The highest BCUT2D eigenvalue weighted by atomic mass is 16.2. The Morgan fingerprint density at radius 3 is 1.88 bits per heavy atom. The molecule has 0 radical (unpaired) electrons. The Morgan fingerprint density at radius 1 is 0.848 bits per heavy atom. The van der Waals surface area contributed by atoms with Gasteiger partial charge < -0.3 is 35.9 Å². The molecule has 2 saturated heterocycles. The van der Waals surface area contributed by atoms with E-state index in [0.29, 0.717) is 51.6 Å². The van der Waals surface area contributed by atoms with Crippen LogP contribution in [-0.4, -0.2) is 108 Å². The number of carbonyl (C=O) groups is 6. The monoisotopic (exact) mass is 462 g/mol. The van der Waals surface area contributed by atoms with Crippen molar-refractivity contribution >= 4 is 35.8 Å². The van der Waals surface area contributed by atoms with Crippen molar-refractivity contribution in [2.75, 3.05) is 39.3 Å². The van der Waals surface area contributed by atoms with Crippen LogP contribution in [0.4, 0.5) is 0 Å². The molecule has 33 heavy (non-hydrogen) atoms. The van der Waals surface area contributed by atoms with Crippen molar-refractivity contribution in [2.24, 2.45) is 5.73 Å². The van der Waals surface area contributed by atoms with E-state index < -0.39 is 35.8 Å². The van der Waals surface area contributed by atoms with Gasteiger partial charge in [0.1, 0.15) is 24.4 Å². The van der Waals surface area contributed by atoms with Crippen LogP contribution in [0.15, 0.2) is 12.2 Å².